The third-order valence-electron chi connectivity index (χ3n) is 2.80. The monoisotopic (exact) mass is 255 g/mol. The quantitative estimate of drug-likeness (QED) is 0.772. The molecule has 2 aromatic rings. The highest BCUT2D eigenvalue weighted by atomic mass is 16.3. The summed E-state index contributed by atoms with van der Waals surface area (Å²) in [5.74, 6) is 0.588. The fourth-order valence-corrected chi connectivity index (χ4v) is 1.83. The molecule has 0 aromatic carbocycles. The first kappa shape index (κ1) is 12.8. The number of rotatable bonds is 2. The zero-order valence-corrected chi connectivity index (χ0v) is 11.0. The molecule has 19 heavy (non-hydrogen) atoms. The van der Waals surface area contributed by atoms with Gasteiger partial charge >= 0.3 is 0 Å². The van der Waals surface area contributed by atoms with E-state index >= 15 is 0 Å². The largest absolute Gasteiger partial charge is 0.463 e. The van der Waals surface area contributed by atoms with E-state index in [9.17, 15) is 4.79 Å². The average molecular weight is 255 g/mol. The number of nitriles is 1. The fourth-order valence-electron chi connectivity index (χ4n) is 1.83. The van der Waals surface area contributed by atoms with Crippen molar-refractivity contribution >= 4 is 5.71 Å². The van der Waals surface area contributed by atoms with Crippen molar-refractivity contribution in [2.45, 2.75) is 20.8 Å². The number of furan rings is 1. The maximum absolute atomic E-state index is 12.1. The van der Waals surface area contributed by atoms with Crippen LogP contribution in [0.1, 0.15) is 29.5 Å². The van der Waals surface area contributed by atoms with Crippen molar-refractivity contribution in [2.75, 3.05) is 0 Å². The molecular formula is C14H13N3O2. The van der Waals surface area contributed by atoms with Gasteiger partial charge in [-0.2, -0.15) is 10.4 Å². The Morgan fingerprint density at radius 1 is 1.47 bits per heavy atom. The number of pyridine rings is 1. The van der Waals surface area contributed by atoms with E-state index in [4.69, 9.17) is 9.68 Å². The predicted octanol–water partition coefficient (Wildman–Crippen LogP) is 2.20. The van der Waals surface area contributed by atoms with Crippen molar-refractivity contribution in [3.05, 3.63) is 57.4 Å². The number of hydrogen-bond acceptors (Lipinski definition) is 4. The lowest BCUT2D eigenvalue weighted by atomic mass is 10.1. The Balaban J connectivity index is 2.62. The van der Waals surface area contributed by atoms with Crippen LogP contribution in [0.3, 0.4) is 0 Å². The van der Waals surface area contributed by atoms with E-state index in [0.717, 1.165) is 0 Å². The highest BCUT2D eigenvalue weighted by Crippen LogP contribution is 2.07. The van der Waals surface area contributed by atoms with Crippen molar-refractivity contribution in [2.24, 2.45) is 5.10 Å². The standard InChI is InChI=1S/C14H13N3O2/c1-9-7-10(2)17(14(18)12(9)8-15)16-11(3)13-5-4-6-19-13/h4-7H,1-3H3. The summed E-state index contributed by atoms with van der Waals surface area (Å²) in [4.78, 5) is 12.1. The van der Waals surface area contributed by atoms with Crippen molar-refractivity contribution in [3.63, 3.8) is 0 Å². The minimum atomic E-state index is -0.411. The van der Waals surface area contributed by atoms with Gasteiger partial charge < -0.3 is 4.42 Å². The van der Waals surface area contributed by atoms with E-state index in [1.54, 1.807) is 45.2 Å². The summed E-state index contributed by atoms with van der Waals surface area (Å²) in [5, 5.41) is 13.2. The van der Waals surface area contributed by atoms with Crippen LogP contribution in [0.15, 0.2) is 38.8 Å². The van der Waals surface area contributed by atoms with Gasteiger partial charge in [0.15, 0.2) is 0 Å². The molecule has 2 aromatic heterocycles. The van der Waals surface area contributed by atoms with Crippen LogP contribution in [0.4, 0.5) is 0 Å². The molecule has 0 amide bonds. The van der Waals surface area contributed by atoms with Crippen LogP contribution in [-0.4, -0.2) is 10.4 Å². The van der Waals surface area contributed by atoms with E-state index in [1.165, 1.54) is 4.68 Å². The van der Waals surface area contributed by atoms with Gasteiger partial charge in [-0.15, -0.1) is 0 Å². The van der Waals surface area contributed by atoms with Gasteiger partial charge in [0.05, 0.1) is 6.26 Å². The van der Waals surface area contributed by atoms with Gasteiger partial charge in [0, 0.05) is 5.69 Å². The first-order chi connectivity index (χ1) is 9.04. The van der Waals surface area contributed by atoms with Crippen molar-refractivity contribution in [3.8, 4) is 6.07 Å². The average Bonchev–Trinajstić information content (AvgIpc) is 2.88. The minimum Gasteiger partial charge on any atom is -0.463 e. The Kier molecular flexibility index (Phi) is 3.34. The first-order valence-corrected chi connectivity index (χ1v) is 5.77. The molecule has 0 atom stereocenters. The lowest BCUT2D eigenvalue weighted by molar-refractivity contribution is 0.555. The Hall–Kier alpha value is -2.61. The van der Waals surface area contributed by atoms with Gasteiger partial charge in [-0.05, 0) is 44.5 Å². The molecule has 2 rings (SSSR count). The third-order valence-corrected chi connectivity index (χ3v) is 2.80. The predicted molar refractivity (Wildman–Crippen MR) is 71.2 cm³/mol. The normalized spacial score (nSPS) is 11.4. The molecule has 0 saturated carbocycles. The van der Waals surface area contributed by atoms with Gasteiger partial charge in [-0.25, -0.2) is 4.68 Å². The summed E-state index contributed by atoms with van der Waals surface area (Å²) in [6, 6.07) is 7.19. The highest BCUT2D eigenvalue weighted by molar-refractivity contribution is 5.96. The second kappa shape index (κ2) is 4.94. The maximum atomic E-state index is 12.1. The van der Waals surface area contributed by atoms with E-state index < -0.39 is 5.56 Å². The first-order valence-electron chi connectivity index (χ1n) is 5.77. The van der Waals surface area contributed by atoms with E-state index in [2.05, 4.69) is 5.10 Å². The number of aryl methyl sites for hydroxylation is 2. The van der Waals surface area contributed by atoms with Crippen LogP contribution in [0.5, 0.6) is 0 Å². The Morgan fingerprint density at radius 3 is 2.79 bits per heavy atom. The van der Waals surface area contributed by atoms with Crippen LogP contribution in [0.25, 0.3) is 0 Å². The van der Waals surface area contributed by atoms with Gasteiger partial charge in [-0.3, -0.25) is 4.79 Å². The number of aromatic nitrogens is 1. The molecule has 0 spiro atoms. The van der Waals surface area contributed by atoms with Crippen molar-refractivity contribution in [1.29, 1.82) is 5.26 Å². The second-order valence-corrected chi connectivity index (χ2v) is 4.24. The molecule has 5 heteroatoms. The third kappa shape index (κ3) is 2.33. The smallest absolute Gasteiger partial charge is 0.289 e. The Labute approximate surface area is 110 Å². The molecular weight excluding hydrogens is 242 g/mol. The number of hydrogen-bond donors (Lipinski definition) is 0. The van der Waals surface area contributed by atoms with E-state index in [-0.39, 0.29) is 5.56 Å². The molecule has 5 nitrogen and oxygen atoms in total. The molecule has 0 unspecified atom stereocenters. The molecule has 0 aliphatic carbocycles. The summed E-state index contributed by atoms with van der Waals surface area (Å²) in [6.07, 6.45) is 1.54. The van der Waals surface area contributed by atoms with E-state index in [0.29, 0.717) is 22.7 Å². The van der Waals surface area contributed by atoms with Crippen molar-refractivity contribution < 1.29 is 4.42 Å². The molecule has 0 bridgehead atoms. The molecule has 2 heterocycles. The maximum Gasteiger partial charge on any atom is 0.289 e. The van der Waals surface area contributed by atoms with Crippen LogP contribution >= 0.6 is 0 Å². The molecule has 0 saturated heterocycles. The minimum absolute atomic E-state index is 0.113. The van der Waals surface area contributed by atoms with Crippen molar-refractivity contribution in [1.82, 2.24) is 4.68 Å². The Bertz CT molecular complexity index is 731. The molecule has 0 aliphatic rings. The SMILES string of the molecule is CC(=Nn1c(C)cc(C)c(C#N)c1=O)c1ccco1. The zero-order chi connectivity index (χ0) is 14.0. The van der Waals surface area contributed by atoms with Gasteiger partial charge in [0.25, 0.3) is 5.56 Å². The molecule has 0 fully saturated rings. The van der Waals surface area contributed by atoms with Crippen LogP contribution in [0.2, 0.25) is 0 Å². The van der Waals surface area contributed by atoms with Gasteiger partial charge in [-0.1, -0.05) is 0 Å². The fraction of sp³-hybridized carbons (Fsp3) is 0.214. The van der Waals surface area contributed by atoms with Crippen LogP contribution in [0, 0.1) is 25.2 Å². The van der Waals surface area contributed by atoms with Gasteiger partial charge in [0.2, 0.25) is 0 Å². The molecule has 96 valence electrons. The lowest BCUT2D eigenvalue weighted by Crippen LogP contribution is -2.23. The Morgan fingerprint density at radius 2 is 2.21 bits per heavy atom. The summed E-state index contributed by atoms with van der Waals surface area (Å²) < 4.78 is 6.44. The summed E-state index contributed by atoms with van der Waals surface area (Å²) in [7, 11) is 0. The van der Waals surface area contributed by atoms with E-state index in [1.807, 2.05) is 6.07 Å². The van der Waals surface area contributed by atoms with Gasteiger partial charge in [0.1, 0.15) is 23.1 Å². The molecule has 0 radical (unpaired) electrons. The zero-order valence-electron chi connectivity index (χ0n) is 11.0. The molecule has 0 aliphatic heterocycles. The summed E-state index contributed by atoms with van der Waals surface area (Å²) >= 11 is 0. The number of nitrogens with zero attached hydrogens (tertiary/aromatic N) is 3. The summed E-state index contributed by atoms with van der Waals surface area (Å²) in [5.41, 5.74) is 1.61. The van der Waals surface area contributed by atoms with Crippen LogP contribution < -0.4 is 5.56 Å². The summed E-state index contributed by atoms with van der Waals surface area (Å²) in [6.45, 7) is 5.26. The molecule has 0 N–H and O–H groups in total. The topological polar surface area (TPSA) is 71.3 Å². The lowest BCUT2D eigenvalue weighted by Gasteiger charge is -2.07. The second-order valence-electron chi connectivity index (χ2n) is 4.24. The highest BCUT2D eigenvalue weighted by Gasteiger charge is 2.10. The van der Waals surface area contributed by atoms with Crippen LogP contribution in [-0.2, 0) is 0 Å².